The van der Waals surface area contributed by atoms with Gasteiger partial charge in [0, 0.05) is 18.0 Å². The first kappa shape index (κ1) is 16.6. The molecule has 6 heteroatoms. The van der Waals surface area contributed by atoms with Gasteiger partial charge in [-0.2, -0.15) is 5.10 Å². The molecule has 6 nitrogen and oxygen atoms in total. The molecule has 3 atom stereocenters. The SMILES string of the molecule is Cc1nc2ccc(NC(=O)N3C(C)CC(c4ccccc4)C3C)cn2n1. The van der Waals surface area contributed by atoms with Crippen molar-refractivity contribution in [1.82, 2.24) is 19.5 Å². The summed E-state index contributed by atoms with van der Waals surface area (Å²) in [4.78, 5) is 19.2. The predicted molar refractivity (Wildman–Crippen MR) is 101 cm³/mol. The molecule has 0 bridgehead atoms. The van der Waals surface area contributed by atoms with E-state index in [1.54, 1.807) is 10.7 Å². The molecule has 1 saturated heterocycles. The van der Waals surface area contributed by atoms with Crippen LogP contribution in [0.2, 0.25) is 0 Å². The van der Waals surface area contributed by atoms with Gasteiger partial charge in [0.1, 0.15) is 5.82 Å². The maximum Gasteiger partial charge on any atom is 0.322 e. The normalized spacial score (nSPS) is 22.7. The molecule has 134 valence electrons. The molecule has 4 rings (SSSR count). The molecule has 1 aromatic carbocycles. The van der Waals surface area contributed by atoms with Crippen molar-refractivity contribution in [2.45, 2.75) is 45.2 Å². The van der Waals surface area contributed by atoms with Crippen LogP contribution in [0, 0.1) is 6.92 Å². The second-order valence-electron chi connectivity index (χ2n) is 7.06. The van der Waals surface area contributed by atoms with E-state index in [0.29, 0.717) is 11.7 Å². The molecular weight excluding hydrogens is 326 g/mol. The highest BCUT2D eigenvalue weighted by atomic mass is 16.2. The minimum absolute atomic E-state index is 0.0698. The molecule has 2 amide bonds. The van der Waals surface area contributed by atoms with E-state index in [-0.39, 0.29) is 18.1 Å². The number of hydrogen-bond donors (Lipinski definition) is 1. The summed E-state index contributed by atoms with van der Waals surface area (Å²) in [5.41, 5.74) is 2.78. The molecule has 3 unspecified atom stereocenters. The zero-order valence-electron chi connectivity index (χ0n) is 15.3. The van der Waals surface area contributed by atoms with Gasteiger partial charge in [-0.15, -0.1) is 0 Å². The van der Waals surface area contributed by atoms with E-state index in [2.05, 4.69) is 53.5 Å². The Labute approximate surface area is 152 Å². The fourth-order valence-electron chi connectivity index (χ4n) is 4.03. The van der Waals surface area contributed by atoms with E-state index < -0.39 is 0 Å². The maximum absolute atomic E-state index is 12.9. The largest absolute Gasteiger partial charge is 0.322 e. The number of carbonyl (C=O) groups is 1. The molecule has 1 fully saturated rings. The second kappa shape index (κ2) is 6.44. The van der Waals surface area contributed by atoms with Gasteiger partial charge in [-0.1, -0.05) is 30.3 Å². The van der Waals surface area contributed by atoms with Gasteiger partial charge in [0.15, 0.2) is 5.65 Å². The lowest BCUT2D eigenvalue weighted by molar-refractivity contribution is 0.192. The highest BCUT2D eigenvalue weighted by Crippen LogP contribution is 2.37. The van der Waals surface area contributed by atoms with Crippen molar-refractivity contribution in [2.75, 3.05) is 5.32 Å². The van der Waals surface area contributed by atoms with Gasteiger partial charge in [-0.3, -0.25) is 0 Å². The number of aromatic nitrogens is 3. The molecule has 1 aliphatic rings. The van der Waals surface area contributed by atoms with Crippen LogP contribution in [-0.2, 0) is 0 Å². The van der Waals surface area contributed by atoms with Crippen LogP contribution >= 0.6 is 0 Å². The van der Waals surface area contributed by atoms with E-state index in [0.717, 1.165) is 17.8 Å². The molecule has 1 aliphatic heterocycles. The van der Waals surface area contributed by atoms with Crippen molar-refractivity contribution in [3.05, 3.63) is 60.0 Å². The summed E-state index contributed by atoms with van der Waals surface area (Å²) in [5.74, 6) is 1.07. The van der Waals surface area contributed by atoms with Crippen molar-refractivity contribution >= 4 is 17.4 Å². The van der Waals surface area contributed by atoms with Gasteiger partial charge < -0.3 is 10.2 Å². The van der Waals surface area contributed by atoms with E-state index >= 15 is 0 Å². The Morgan fingerprint density at radius 3 is 2.69 bits per heavy atom. The molecule has 1 N–H and O–H groups in total. The third-order valence-corrected chi connectivity index (χ3v) is 5.24. The summed E-state index contributed by atoms with van der Waals surface area (Å²) < 4.78 is 1.69. The Hall–Kier alpha value is -2.89. The molecule has 0 spiro atoms. The summed E-state index contributed by atoms with van der Waals surface area (Å²) >= 11 is 0. The molecule has 26 heavy (non-hydrogen) atoms. The summed E-state index contributed by atoms with van der Waals surface area (Å²) in [6.45, 7) is 6.09. The summed E-state index contributed by atoms with van der Waals surface area (Å²) in [6.07, 6.45) is 2.77. The first-order chi connectivity index (χ1) is 12.5. The van der Waals surface area contributed by atoms with E-state index in [1.165, 1.54) is 5.56 Å². The number of aryl methyl sites for hydroxylation is 1. The van der Waals surface area contributed by atoms with E-state index in [9.17, 15) is 4.79 Å². The van der Waals surface area contributed by atoms with Gasteiger partial charge in [0.25, 0.3) is 0 Å². The third-order valence-electron chi connectivity index (χ3n) is 5.24. The minimum Gasteiger partial charge on any atom is -0.318 e. The monoisotopic (exact) mass is 349 g/mol. The van der Waals surface area contributed by atoms with Gasteiger partial charge in [0.05, 0.1) is 11.9 Å². The van der Waals surface area contributed by atoms with Crippen LogP contribution in [0.25, 0.3) is 5.65 Å². The molecule has 0 radical (unpaired) electrons. The number of pyridine rings is 1. The smallest absolute Gasteiger partial charge is 0.318 e. The second-order valence-corrected chi connectivity index (χ2v) is 7.06. The summed E-state index contributed by atoms with van der Waals surface area (Å²) in [5, 5.41) is 7.32. The first-order valence-electron chi connectivity index (χ1n) is 9.00. The van der Waals surface area contributed by atoms with Crippen molar-refractivity contribution in [3.8, 4) is 0 Å². The molecular formula is C20H23N5O. The summed E-state index contributed by atoms with van der Waals surface area (Å²) in [6, 6.07) is 14.4. The number of carbonyl (C=O) groups excluding carboxylic acids is 1. The molecule has 3 aromatic rings. The van der Waals surface area contributed by atoms with Gasteiger partial charge >= 0.3 is 6.03 Å². The maximum atomic E-state index is 12.9. The van der Waals surface area contributed by atoms with Gasteiger partial charge in [0.2, 0.25) is 0 Å². The quantitative estimate of drug-likeness (QED) is 0.765. The number of nitrogens with zero attached hydrogens (tertiary/aromatic N) is 4. The van der Waals surface area contributed by atoms with Crippen LogP contribution in [0.5, 0.6) is 0 Å². The zero-order valence-corrected chi connectivity index (χ0v) is 15.3. The number of benzene rings is 1. The van der Waals surface area contributed by atoms with Gasteiger partial charge in [-0.05, 0) is 44.9 Å². The number of urea groups is 1. The highest BCUT2D eigenvalue weighted by Gasteiger charge is 2.39. The Morgan fingerprint density at radius 1 is 1.15 bits per heavy atom. The molecule has 0 aliphatic carbocycles. The minimum atomic E-state index is -0.0698. The number of likely N-dealkylation sites (tertiary alicyclic amines) is 1. The number of hydrogen-bond acceptors (Lipinski definition) is 3. The number of nitrogens with one attached hydrogen (secondary N) is 1. The third kappa shape index (κ3) is 2.92. The Kier molecular flexibility index (Phi) is 4.11. The van der Waals surface area contributed by atoms with E-state index in [1.807, 2.05) is 30.0 Å². The van der Waals surface area contributed by atoms with Crippen LogP contribution in [0.15, 0.2) is 48.7 Å². The van der Waals surface area contributed by atoms with Gasteiger partial charge in [-0.25, -0.2) is 14.3 Å². The lowest BCUT2D eigenvalue weighted by Gasteiger charge is -2.28. The van der Waals surface area contributed by atoms with Crippen molar-refractivity contribution < 1.29 is 4.79 Å². The van der Waals surface area contributed by atoms with Crippen LogP contribution in [0.4, 0.5) is 10.5 Å². The standard InChI is InChI=1S/C20H23N5O/c1-13-11-18(16-7-5-4-6-8-16)14(2)25(13)20(26)22-17-9-10-19-21-15(3)23-24(19)12-17/h4-10,12-14,18H,11H2,1-3H3,(H,22,26). The predicted octanol–water partition coefficient (Wildman–Crippen LogP) is 3.84. The van der Waals surface area contributed by atoms with Crippen LogP contribution in [-0.4, -0.2) is 37.6 Å². The molecule has 0 saturated carbocycles. The number of anilines is 1. The fraction of sp³-hybridized carbons (Fsp3) is 0.350. The van der Waals surface area contributed by atoms with E-state index in [4.69, 9.17) is 0 Å². The molecule has 2 aromatic heterocycles. The lowest BCUT2D eigenvalue weighted by Crippen LogP contribution is -2.42. The Morgan fingerprint density at radius 2 is 1.92 bits per heavy atom. The average Bonchev–Trinajstić information content (AvgIpc) is 3.13. The highest BCUT2D eigenvalue weighted by molar-refractivity contribution is 5.90. The summed E-state index contributed by atoms with van der Waals surface area (Å²) in [7, 11) is 0. The van der Waals surface area contributed by atoms with Crippen molar-refractivity contribution in [3.63, 3.8) is 0 Å². The van der Waals surface area contributed by atoms with Crippen molar-refractivity contribution in [2.24, 2.45) is 0 Å². The fourth-order valence-corrected chi connectivity index (χ4v) is 4.03. The first-order valence-corrected chi connectivity index (χ1v) is 9.00. The number of amides is 2. The average molecular weight is 349 g/mol. The number of fused-ring (bicyclic) bond motifs is 1. The zero-order chi connectivity index (χ0) is 18.3. The van der Waals surface area contributed by atoms with Crippen LogP contribution in [0.1, 0.15) is 37.6 Å². The van der Waals surface area contributed by atoms with Crippen LogP contribution in [0.3, 0.4) is 0 Å². The van der Waals surface area contributed by atoms with Crippen LogP contribution < -0.4 is 5.32 Å². The Balaban J connectivity index is 1.53. The lowest BCUT2D eigenvalue weighted by atomic mass is 9.92. The molecule has 3 heterocycles. The number of rotatable bonds is 2. The topological polar surface area (TPSA) is 62.5 Å². The Bertz CT molecular complexity index is 936. The van der Waals surface area contributed by atoms with Crippen molar-refractivity contribution in [1.29, 1.82) is 0 Å².